The van der Waals surface area contributed by atoms with Crippen molar-refractivity contribution >= 4 is 5.69 Å². The summed E-state index contributed by atoms with van der Waals surface area (Å²) in [5, 5.41) is 8.38. The molecule has 5 nitrogen and oxygen atoms in total. The van der Waals surface area contributed by atoms with E-state index in [1.165, 1.54) is 22.6 Å². The normalized spacial score (nSPS) is 15.4. The van der Waals surface area contributed by atoms with Gasteiger partial charge in [0.15, 0.2) is 6.54 Å². The molecule has 1 aliphatic heterocycles. The van der Waals surface area contributed by atoms with Gasteiger partial charge in [-0.3, -0.25) is 0 Å². The van der Waals surface area contributed by atoms with Crippen molar-refractivity contribution in [2.45, 2.75) is 13.5 Å². The summed E-state index contributed by atoms with van der Waals surface area (Å²) in [7, 11) is 0. The standard InChI is InChI=1S/C20H21FN4O/c1-15-2-4-16(5-3-15)20-23-22-19(26-20)14-24-10-12-25(13-11-24)18-8-6-17(21)7-9-18/h2-9H,10-14H2,1H3/p+1. The van der Waals surface area contributed by atoms with E-state index in [1.807, 2.05) is 36.4 Å². The van der Waals surface area contributed by atoms with Crippen molar-refractivity contribution in [3.8, 4) is 11.5 Å². The van der Waals surface area contributed by atoms with E-state index in [-0.39, 0.29) is 5.82 Å². The Bertz CT molecular complexity index is 852. The van der Waals surface area contributed by atoms with Crippen LogP contribution in [-0.4, -0.2) is 36.4 Å². The highest BCUT2D eigenvalue weighted by Crippen LogP contribution is 2.18. The number of aryl methyl sites for hydroxylation is 1. The summed E-state index contributed by atoms with van der Waals surface area (Å²) in [6, 6.07) is 14.8. The van der Waals surface area contributed by atoms with Gasteiger partial charge in [0.05, 0.1) is 26.2 Å². The Morgan fingerprint density at radius 3 is 2.38 bits per heavy atom. The molecule has 0 saturated carbocycles. The number of piperazine rings is 1. The van der Waals surface area contributed by atoms with E-state index in [1.54, 1.807) is 0 Å². The molecule has 0 aliphatic carbocycles. The Balaban J connectivity index is 1.34. The number of nitrogens with one attached hydrogen (secondary N) is 1. The second-order valence-electron chi connectivity index (χ2n) is 6.76. The zero-order chi connectivity index (χ0) is 17.9. The summed E-state index contributed by atoms with van der Waals surface area (Å²) in [6.07, 6.45) is 0. The van der Waals surface area contributed by atoms with E-state index in [0.717, 1.165) is 44.0 Å². The third-order valence-corrected chi connectivity index (χ3v) is 4.83. The van der Waals surface area contributed by atoms with E-state index in [9.17, 15) is 4.39 Å². The number of halogens is 1. The second-order valence-corrected chi connectivity index (χ2v) is 6.76. The molecule has 2 heterocycles. The number of quaternary nitrogens is 1. The van der Waals surface area contributed by atoms with Gasteiger partial charge in [-0.25, -0.2) is 4.39 Å². The summed E-state index contributed by atoms with van der Waals surface area (Å²) in [5.41, 5.74) is 3.23. The molecule has 0 unspecified atom stereocenters. The highest BCUT2D eigenvalue weighted by atomic mass is 19.1. The molecule has 4 rings (SSSR count). The van der Waals surface area contributed by atoms with E-state index in [4.69, 9.17) is 4.42 Å². The fraction of sp³-hybridized carbons (Fsp3) is 0.300. The fourth-order valence-corrected chi connectivity index (χ4v) is 3.26. The fourth-order valence-electron chi connectivity index (χ4n) is 3.26. The summed E-state index contributed by atoms with van der Waals surface area (Å²) in [4.78, 5) is 3.71. The molecule has 0 spiro atoms. The first-order valence-corrected chi connectivity index (χ1v) is 8.91. The molecule has 3 aromatic rings. The van der Waals surface area contributed by atoms with Crippen molar-refractivity contribution < 1.29 is 13.7 Å². The molecule has 6 heteroatoms. The lowest BCUT2D eigenvalue weighted by atomic mass is 10.1. The molecule has 0 atom stereocenters. The predicted molar refractivity (Wildman–Crippen MR) is 97.5 cm³/mol. The largest absolute Gasteiger partial charge is 0.415 e. The van der Waals surface area contributed by atoms with Gasteiger partial charge in [0, 0.05) is 11.3 Å². The summed E-state index contributed by atoms with van der Waals surface area (Å²) < 4.78 is 18.9. The van der Waals surface area contributed by atoms with Crippen LogP contribution in [0.4, 0.5) is 10.1 Å². The van der Waals surface area contributed by atoms with Gasteiger partial charge in [0.25, 0.3) is 5.89 Å². The summed E-state index contributed by atoms with van der Waals surface area (Å²) in [5.74, 6) is 1.05. The Hall–Kier alpha value is -2.73. The van der Waals surface area contributed by atoms with Gasteiger partial charge in [-0.1, -0.05) is 17.7 Å². The predicted octanol–water partition coefficient (Wildman–Crippen LogP) is 2.09. The molecule has 1 fully saturated rings. The molecular weight excluding hydrogens is 331 g/mol. The van der Waals surface area contributed by atoms with Crippen molar-refractivity contribution in [3.63, 3.8) is 0 Å². The molecule has 134 valence electrons. The highest BCUT2D eigenvalue weighted by Gasteiger charge is 2.22. The molecule has 2 aromatic carbocycles. The van der Waals surface area contributed by atoms with Crippen LogP contribution in [-0.2, 0) is 6.54 Å². The van der Waals surface area contributed by atoms with Crippen LogP contribution in [0.2, 0.25) is 0 Å². The molecule has 1 aliphatic rings. The number of nitrogens with zero attached hydrogens (tertiary/aromatic N) is 3. The molecule has 1 saturated heterocycles. The Labute approximate surface area is 152 Å². The van der Waals surface area contributed by atoms with Crippen molar-refractivity contribution in [3.05, 3.63) is 65.8 Å². The van der Waals surface area contributed by atoms with E-state index >= 15 is 0 Å². The van der Waals surface area contributed by atoms with Crippen LogP contribution in [0, 0.1) is 12.7 Å². The maximum absolute atomic E-state index is 13.1. The van der Waals surface area contributed by atoms with Gasteiger partial charge >= 0.3 is 0 Å². The molecule has 26 heavy (non-hydrogen) atoms. The number of aromatic nitrogens is 2. The first kappa shape index (κ1) is 16.7. The molecular formula is C20H22FN4O+. The van der Waals surface area contributed by atoms with Crippen LogP contribution in [0.25, 0.3) is 11.5 Å². The van der Waals surface area contributed by atoms with E-state index in [0.29, 0.717) is 11.8 Å². The molecule has 1 N–H and O–H groups in total. The third kappa shape index (κ3) is 3.75. The lowest BCUT2D eigenvalue weighted by Crippen LogP contribution is -3.13. The maximum Gasteiger partial charge on any atom is 0.271 e. The maximum atomic E-state index is 13.1. The quantitative estimate of drug-likeness (QED) is 0.780. The Morgan fingerprint density at radius 1 is 1.00 bits per heavy atom. The van der Waals surface area contributed by atoms with Crippen LogP contribution in [0.3, 0.4) is 0 Å². The van der Waals surface area contributed by atoms with Crippen LogP contribution >= 0.6 is 0 Å². The Morgan fingerprint density at radius 2 is 1.69 bits per heavy atom. The number of hydrogen-bond acceptors (Lipinski definition) is 4. The molecule has 0 bridgehead atoms. The second kappa shape index (κ2) is 7.25. The molecule has 0 radical (unpaired) electrons. The van der Waals surface area contributed by atoms with E-state index in [2.05, 4.69) is 22.0 Å². The first-order chi connectivity index (χ1) is 12.7. The summed E-state index contributed by atoms with van der Waals surface area (Å²) >= 11 is 0. The van der Waals surface area contributed by atoms with Crippen molar-refractivity contribution in [2.24, 2.45) is 0 Å². The van der Waals surface area contributed by atoms with Gasteiger partial charge in [-0.05, 0) is 43.3 Å². The Kier molecular flexibility index (Phi) is 4.67. The van der Waals surface area contributed by atoms with Gasteiger partial charge in [0.2, 0.25) is 5.89 Å². The van der Waals surface area contributed by atoms with E-state index < -0.39 is 0 Å². The average molecular weight is 353 g/mol. The third-order valence-electron chi connectivity index (χ3n) is 4.83. The number of anilines is 1. The topological polar surface area (TPSA) is 46.6 Å². The van der Waals surface area contributed by atoms with Gasteiger partial charge in [-0.2, -0.15) is 0 Å². The lowest BCUT2D eigenvalue weighted by Gasteiger charge is -2.33. The molecule has 1 aromatic heterocycles. The van der Waals surface area contributed by atoms with Gasteiger partial charge in [-0.15, -0.1) is 10.2 Å². The number of rotatable bonds is 4. The zero-order valence-electron chi connectivity index (χ0n) is 14.8. The number of hydrogen-bond donors (Lipinski definition) is 1. The SMILES string of the molecule is Cc1ccc(-c2nnc(C[NH+]3CCN(c4ccc(F)cc4)CC3)o2)cc1. The van der Waals surface area contributed by atoms with Crippen molar-refractivity contribution in [1.29, 1.82) is 0 Å². The first-order valence-electron chi connectivity index (χ1n) is 8.91. The van der Waals surface area contributed by atoms with Crippen molar-refractivity contribution in [1.82, 2.24) is 10.2 Å². The lowest BCUT2D eigenvalue weighted by molar-refractivity contribution is -0.915. The van der Waals surface area contributed by atoms with Crippen LogP contribution < -0.4 is 9.80 Å². The average Bonchev–Trinajstić information content (AvgIpc) is 3.12. The highest BCUT2D eigenvalue weighted by molar-refractivity contribution is 5.52. The number of benzene rings is 2. The monoisotopic (exact) mass is 353 g/mol. The zero-order valence-corrected chi connectivity index (χ0v) is 14.8. The van der Waals surface area contributed by atoms with Crippen LogP contribution in [0.1, 0.15) is 11.5 Å². The van der Waals surface area contributed by atoms with Crippen LogP contribution in [0.15, 0.2) is 52.9 Å². The minimum atomic E-state index is -0.196. The minimum absolute atomic E-state index is 0.196. The van der Waals surface area contributed by atoms with Crippen LogP contribution in [0.5, 0.6) is 0 Å². The van der Waals surface area contributed by atoms with Gasteiger partial charge in [0.1, 0.15) is 5.82 Å². The molecule has 0 amide bonds. The van der Waals surface area contributed by atoms with Gasteiger partial charge < -0.3 is 14.2 Å². The van der Waals surface area contributed by atoms with Crippen molar-refractivity contribution in [2.75, 3.05) is 31.1 Å². The minimum Gasteiger partial charge on any atom is -0.415 e. The smallest absolute Gasteiger partial charge is 0.271 e. The summed E-state index contributed by atoms with van der Waals surface area (Å²) in [6.45, 7) is 6.62.